The Hall–Kier alpha value is -0.480. The van der Waals surface area contributed by atoms with Gasteiger partial charge in [0.25, 0.3) is 0 Å². The molecule has 0 spiro atoms. The second-order valence-corrected chi connectivity index (χ2v) is 3.44. The molecule has 0 radical (unpaired) electrons. The van der Waals surface area contributed by atoms with Gasteiger partial charge in [0.15, 0.2) is 0 Å². The first-order chi connectivity index (χ1) is 5.34. The number of hydrogen-bond donors (Lipinski definition) is 1. The molecule has 0 aliphatic heterocycles. The molecule has 1 rings (SSSR count). The lowest BCUT2D eigenvalue weighted by Gasteiger charge is -1.99. The van der Waals surface area contributed by atoms with Gasteiger partial charge in [-0.25, -0.2) is 4.98 Å². The third-order valence-electron chi connectivity index (χ3n) is 1.43. The lowest BCUT2D eigenvalue weighted by Crippen LogP contribution is -2.02. The quantitative estimate of drug-likeness (QED) is 0.675. The number of nitrogens with zero attached hydrogens (tertiary/aromatic N) is 2. The van der Waals surface area contributed by atoms with E-state index in [9.17, 15) is 0 Å². The van der Waals surface area contributed by atoms with Crippen LogP contribution in [0.1, 0.15) is 5.69 Å². The fourth-order valence-corrected chi connectivity index (χ4v) is 1.58. The molecule has 0 saturated carbocycles. The van der Waals surface area contributed by atoms with Crippen LogP contribution in [-0.4, -0.2) is 21.8 Å². The summed E-state index contributed by atoms with van der Waals surface area (Å²) in [5, 5.41) is 0. The van der Waals surface area contributed by atoms with E-state index in [1.54, 1.807) is 0 Å². The molecule has 0 unspecified atom stereocenters. The Morgan fingerprint density at radius 1 is 1.73 bits per heavy atom. The van der Waals surface area contributed by atoms with Crippen molar-refractivity contribution in [1.82, 2.24) is 9.55 Å². The van der Waals surface area contributed by atoms with Crippen LogP contribution in [0.4, 0.5) is 0 Å². The van der Waals surface area contributed by atoms with Crippen molar-refractivity contribution in [2.75, 3.05) is 12.3 Å². The largest absolute Gasteiger partial charge is 0.337 e. The van der Waals surface area contributed by atoms with E-state index in [-0.39, 0.29) is 0 Å². The molecule has 1 aromatic heterocycles. The molecule has 1 aromatic rings. The molecule has 0 fully saturated rings. The van der Waals surface area contributed by atoms with Crippen LogP contribution in [0.5, 0.6) is 0 Å². The second-order valence-electron chi connectivity index (χ2n) is 2.34. The average molecular weight is 171 g/mol. The summed E-state index contributed by atoms with van der Waals surface area (Å²) in [5.41, 5.74) is 6.62. The summed E-state index contributed by atoms with van der Waals surface area (Å²) < 4.78 is 2.03. The lowest BCUT2D eigenvalue weighted by molar-refractivity contribution is 0.867. The molecular formula is C7H13N3S. The van der Waals surface area contributed by atoms with Gasteiger partial charge in [0.05, 0.1) is 6.33 Å². The first-order valence-electron chi connectivity index (χ1n) is 3.57. The summed E-state index contributed by atoms with van der Waals surface area (Å²) in [4.78, 5) is 4.02. The van der Waals surface area contributed by atoms with Gasteiger partial charge in [0, 0.05) is 37.0 Å². The van der Waals surface area contributed by atoms with Crippen LogP contribution in [0.25, 0.3) is 0 Å². The zero-order valence-corrected chi connectivity index (χ0v) is 7.47. The van der Waals surface area contributed by atoms with Crippen molar-refractivity contribution in [3.8, 4) is 0 Å². The van der Waals surface area contributed by atoms with E-state index in [2.05, 4.69) is 4.98 Å². The van der Waals surface area contributed by atoms with Crippen LogP contribution in [-0.2, 0) is 12.8 Å². The highest BCUT2D eigenvalue weighted by Gasteiger charge is 1.96. The number of aryl methyl sites for hydroxylation is 1. The first kappa shape index (κ1) is 8.62. The van der Waals surface area contributed by atoms with E-state index in [4.69, 9.17) is 5.73 Å². The number of aromatic nitrogens is 2. The molecule has 0 aliphatic rings. The zero-order valence-electron chi connectivity index (χ0n) is 6.66. The zero-order chi connectivity index (χ0) is 8.10. The standard InChI is InChI=1S/C7H13N3S/c1-10-6-9-4-7(10)5-11-3-2-8/h4,6H,2-3,5,8H2,1H3. The molecule has 1 heterocycles. The fraction of sp³-hybridized carbons (Fsp3) is 0.571. The molecule has 0 atom stereocenters. The molecule has 0 aliphatic carbocycles. The van der Waals surface area contributed by atoms with Gasteiger partial charge in [-0.2, -0.15) is 11.8 Å². The summed E-state index contributed by atoms with van der Waals surface area (Å²) in [6, 6.07) is 0. The molecule has 0 bridgehead atoms. The Morgan fingerprint density at radius 2 is 2.55 bits per heavy atom. The molecular weight excluding hydrogens is 158 g/mol. The number of imidazole rings is 1. The number of rotatable bonds is 4. The van der Waals surface area contributed by atoms with Gasteiger partial charge in [-0.3, -0.25) is 0 Å². The van der Waals surface area contributed by atoms with E-state index >= 15 is 0 Å². The summed E-state index contributed by atoms with van der Waals surface area (Å²) in [5.74, 6) is 2.03. The van der Waals surface area contributed by atoms with E-state index in [1.807, 2.05) is 35.9 Å². The van der Waals surface area contributed by atoms with E-state index in [0.29, 0.717) is 0 Å². The highest BCUT2D eigenvalue weighted by molar-refractivity contribution is 7.98. The predicted octanol–water partition coefficient (Wildman–Crippen LogP) is 0.612. The van der Waals surface area contributed by atoms with Crippen LogP contribution in [0.15, 0.2) is 12.5 Å². The highest BCUT2D eigenvalue weighted by Crippen LogP contribution is 2.09. The molecule has 0 saturated heterocycles. The van der Waals surface area contributed by atoms with Gasteiger partial charge in [-0.1, -0.05) is 0 Å². The molecule has 4 heteroatoms. The van der Waals surface area contributed by atoms with Gasteiger partial charge < -0.3 is 10.3 Å². The van der Waals surface area contributed by atoms with Crippen molar-refractivity contribution in [3.05, 3.63) is 18.2 Å². The third kappa shape index (κ3) is 2.55. The van der Waals surface area contributed by atoms with Gasteiger partial charge in [0.1, 0.15) is 0 Å². The molecule has 0 aromatic carbocycles. The van der Waals surface area contributed by atoms with Crippen molar-refractivity contribution in [3.63, 3.8) is 0 Å². The van der Waals surface area contributed by atoms with Gasteiger partial charge in [0.2, 0.25) is 0 Å². The Kier molecular flexibility index (Phi) is 3.45. The lowest BCUT2D eigenvalue weighted by atomic mass is 10.5. The summed E-state index contributed by atoms with van der Waals surface area (Å²) >= 11 is 1.84. The molecule has 11 heavy (non-hydrogen) atoms. The van der Waals surface area contributed by atoms with Crippen LogP contribution in [0.2, 0.25) is 0 Å². The Morgan fingerprint density at radius 3 is 3.09 bits per heavy atom. The fourth-order valence-electron chi connectivity index (χ4n) is 0.784. The molecule has 62 valence electrons. The third-order valence-corrected chi connectivity index (χ3v) is 2.45. The van der Waals surface area contributed by atoms with Gasteiger partial charge in [-0.05, 0) is 0 Å². The first-order valence-corrected chi connectivity index (χ1v) is 4.73. The van der Waals surface area contributed by atoms with E-state index < -0.39 is 0 Å². The highest BCUT2D eigenvalue weighted by atomic mass is 32.2. The molecule has 0 amide bonds. The average Bonchev–Trinajstić information content (AvgIpc) is 2.37. The minimum atomic E-state index is 0.752. The topological polar surface area (TPSA) is 43.8 Å². The van der Waals surface area contributed by atoms with Crippen molar-refractivity contribution in [2.24, 2.45) is 12.8 Å². The van der Waals surface area contributed by atoms with Crippen LogP contribution in [0, 0.1) is 0 Å². The number of hydrogen-bond acceptors (Lipinski definition) is 3. The number of nitrogens with two attached hydrogens (primary N) is 1. The minimum absolute atomic E-state index is 0.752. The van der Waals surface area contributed by atoms with Crippen molar-refractivity contribution in [2.45, 2.75) is 5.75 Å². The van der Waals surface area contributed by atoms with E-state index in [0.717, 1.165) is 18.1 Å². The van der Waals surface area contributed by atoms with Gasteiger partial charge in [-0.15, -0.1) is 0 Å². The van der Waals surface area contributed by atoms with Crippen LogP contribution in [0.3, 0.4) is 0 Å². The number of thioether (sulfide) groups is 1. The summed E-state index contributed by atoms with van der Waals surface area (Å²) in [7, 11) is 2.01. The molecule has 2 N–H and O–H groups in total. The monoisotopic (exact) mass is 171 g/mol. The molecule has 3 nitrogen and oxygen atoms in total. The van der Waals surface area contributed by atoms with Crippen LogP contribution >= 0.6 is 11.8 Å². The maximum atomic E-state index is 5.36. The maximum absolute atomic E-state index is 5.36. The van der Waals surface area contributed by atoms with Crippen molar-refractivity contribution < 1.29 is 0 Å². The van der Waals surface area contributed by atoms with Crippen molar-refractivity contribution in [1.29, 1.82) is 0 Å². The maximum Gasteiger partial charge on any atom is 0.0945 e. The summed E-state index contributed by atoms with van der Waals surface area (Å²) in [6.07, 6.45) is 3.71. The Balaban J connectivity index is 2.32. The van der Waals surface area contributed by atoms with Gasteiger partial charge >= 0.3 is 0 Å². The second kappa shape index (κ2) is 4.41. The minimum Gasteiger partial charge on any atom is -0.337 e. The SMILES string of the molecule is Cn1cncc1CSCCN. The van der Waals surface area contributed by atoms with Crippen LogP contribution < -0.4 is 5.73 Å². The summed E-state index contributed by atoms with van der Waals surface area (Å²) in [6.45, 7) is 0.752. The van der Waals surface area contributed by atoms with E-state index in [1.165, 1.54) is 5.69 Å². The Labute approximate surface area is 71.0 Å². The predicted molar refractivity (Wildman–Crippen MR) is 48.4 cm³/mol. The Bertz CT molecular complexity index is 209. The normalized spacial score (nSPS) is 10.4. The van der Waals surface area contributed by atoms with Crippen molar-refractivity contribution >= 4 is 11.8 Å². The smallest absolute Gasteiger partial charge is 0.0945 e.